The van der Waals surface area contributed by atoms with Gasteiger partial charge < -0.3 is 4.57 Å². The van der Waals surface area contributed by atoms with Crippen LogP contribution in [0.3, 0.4) is 0 Å². The summed E-state index contributed by atoms with van der Waals surface area (Å²) in [6.07, 6.45) is 6.43. The summed E-state index contributed by atoms with van der Waals surface area (Å²) in [6.45, 7) is 2.98. The zero-order valence-electron chi connectivity index (χ0n) is 12.9. The Balaban J connectivity index is 1.97. The maximum atomic E-state index is 6.38. The first kappa shape index (κ1) is 16.1. The van der Waals surface area contributed by atoms with Gasteiger partial charge in [-0.05, 0) is 42.2 Å². The summed E-state index contributed by atoms with van der Waals surface area (Å²) in [5, 5.41) is 1.45. The lowest BCUT2D eigenvalue weighted by Gasteiger charge is -2.21. The molecule has 1 atom stereocenters. The second-order valence-electron chi connectivity index (χ2n) is 5.72. The number of rotatable bonds is 5. The third-order valence-electron chi connectivity index (χ3n) is 4.13. The topological polar surface area (TPSA) is 17.8 Å². The van der Waals surface area contributed by atoms with Crippen molar-refractivity contribution in [3.63, 3.8) is 0 Å². The van der Waals surface area contributed by atoms with Crippen molar-refractivity contribution in [2.24, 2.45) is 0 Å². The van der Waals surface area contributed by atoms with E-state index < -0.39 is 0 Å². The van der Waals surface area contributed by atoms with Gasteiger partial charge in [-0.3, -0.25) is 0 Å². The lowest BCUT2D eigenvalue weighted by atomic mass is 9.89. The molecule has 0 aliphatic carbocycles. The molecule has 0 N–H and O–H groups in total. The number of aryl methyl sites for hydroxylation is 1. The van der Waals surface area contributed by atoms with Gasteiger partial charge in [0.2, 0.25) is 0 Å². The fraction of sp³-hybridized carbons (Fsp3) is 0.211. The first-order valence-corrected chi connectivity index (χ1v) is 8.35. The van der Waals surface area contributed by atoms with Crippen LogP contribution in [0, 0.1) is 6.92 Å². The molecule has 1 aromatic heterocycles. The van der Waals surface area contributed by atoms with Gasteiger partial charge in [-0.15, -0.1) is 0 Å². The molecule has 0 amide bonds. The Hall–Kier alpha value is -1.77. The van der Waals surface area contributed by atoms with Gasteiger partial charge in [0.1, 0.15) is 0 Å². The van der Waals surface area contributed by atoms with Crippen molar-refractivity contribution in [2.75, 3.05) is 0 Å². The number of aromatic nitrogens is 2. The van der Waals surface area contributed by atoms with E-state index >= 15 is 0 Å². The molecule has 3 aromatic rings. The van der Waals surface area contributed by atoms with Crippen LogP contribution in [-0.4, -0.2) is 9.55 Å². The van der Waals surface area contributed by atoms with Gasteiger partial charge in [0, 0.05) is 34.9 Å². The highest BCUT2D eigenvalue weighted by Gasteiger charge is 2.18. The largest absolute Gasteiger partial charge is 0.337 e. The van der Waals surface area contributed by atoms with E-state index in [0.717, 1.165) is 28.6 Å². The molecule has 2 aromatic carbocycles. The average Bonchev–Trinajstić information content (AvgIpc) is 3.03. The van der Waals surface area contributed by atoms with E-state index in [-0.39, 0.29) is 5.92 Å². The van der Waals surface area contributed by atoms with E-state index in [9.17, 15) is 0 Å². The van der Waals surface area contributed by atoms with Gasteiger partial charge >= 0.3 is 0 Å². The molecule has 2 nitrogen and oxygen atoms in total. The molecule has 0 aliphatic rings. The molecular formula is C19H18Cl2N2. The van der Waals surface area contributed by atoms with E-state index in [4.69, 9.17) is 23.2 Å². The van der Waals surface area contributed by atoms with Crippen LogP contribution >= 0.6 is 23.2 Å². The summed E-state index contributed by atoms with van der Waals surface area (Å²) >= 11 is 12.8. The zero-order valence-corrected chi connectivity index (χ0v) is 14.4. The van der Waals surface area contributed by atoms with Crippen LogP contribution in [-0.2, 0) is 13.0 Å². The fourth-order valence-corrected chi connectivity index (χ4v) is 3.49. The van der Waals surface area contributed by atoms with Crippen molar-refractivity contribution in [3.8, 4) is 0 Å². The monoisotopic (exact) mass is 344 g/mol. The number of hydrogen-bond donors (Lipinski definition) is 0. The molecule has 4 heteroatoms. The van der Waals surface area contributed by atoms with Crippen LogP contribution in [0.4, 0.5) is 0 Å². The second kappa shape index (κ2) is 7.20. The number of nitrogens with zero attached hydrogens (tertiary/aromatic N) is 2. The Bertz CT molecular complexity index is 762. The number of imidazole rings is 1. The van der Waals surface area contributed by atoms with Gasteiger partial charge in [-0.1, -0.05) is 53.5 Å². The molecule has 118 valence electrons. The highest BCUT2D eigenvalue weighted by atomic mass is 35.5. The smallest absolute Gasteiger partial charge is 0.0946 e. The van der Waals surface area contributed by atoms with Crippen molar-refractivity contribution in [3.05, 3.63) is 87.9 Å². The Morgan fingerprint density at radius 1 is 1.04 bits per heavy atom. The van der Waals surface area contributed by atoms with E-state index in [1.165, 1.54) is 11.1 Å². The highest BCUT2D eigenvalue weighted by Crippen LogP contribution is 2.32. The minimum absolute atomic E-state index is 0.280. The predicted molar refractivity (Wildman–Crippen MR) is 96.3 cm³/mol. The van der Waals surface area contributed by atoms with Crippen molar-refractivity contribution in [1.82, 2.24) is 9.55 Å². The maximum absolute atomic E-state index is 6.38. The summed E-state index contributed by atoms with van der Waals surface area (Å²) in [5.74, 6) is 0.280. The molecule has 0 radical (unpaired) electrons. The molecule has 0 saturated carbocycles. The van der Waals surface area contributed by atoms with E-state index in [1.54, 1.807) is 6.20 Å². The SMILES string of the molecule is Cc1ccccc1C(Cc1c(Cl)cccc1Cl)Cn1ccnc1. The van der Waals surface area contributed by atoms with Gasteiger partial charge in [-0.2, -0.15) is 0 Å². The van der Waals surface area contributed by atoms with Crippen molar-refractivity contribution in [1.29, 1.82) is 0 Å². The zero-order chi connectivity index (χ0) is 16.2. The fourth-order valence-electron chi connectivity index (χ4n) is 2.94. The number of benzene rings is 2. The highest BCUT2D eigenvalue weighted by molar-refractivity contribution is 6.36. The first-order chi connectivity index (χ1) is 11.1. The molecule has 1 heterocycles. The lowest BCUT2D eigenvalue weighted by molar-refractivity contribution is 0.554. The first-order valence-electron chi connectivity index (χ1n) is 7.59. The summed E-state index contributed by atoms with van der Waals surface area (Å²) < 4.78 is 2.10. The summed E-state index contributed by atoms with van der Waals surface area (Å²) in [5.41, 5.74) is 3.60. The maximum Gasteiger partial charge on any atom is 0.0946 e. The van der Waals surface area contributed by atoms with Gasteiger partial charge in [0.05, 0.1) is 6.33 Å². The number of halogens is 2. The van der Waals surface area contributed by atoms with E-state index in [2.05, 4.69) is 40.7 Å². The molecule has 0 bridgehead atoms. The summed E-state index contributed by atoms with van der Waals surface area (Å²) in [6, 6.07) is 14.1. The minimum Gasteiger partial charge on any atom is -0.337 e. The average molecular weight is 345 g/mol. The Labute approximate surface area is 146 Å². The molecule has 23 heavy (non-hydrogen) atoms. The Kier molecular flexibility index (Phi) is 5.04. The molecule has 0 saturated heterocycles. The standard InChI is InChI=1S/C19H18Cl2N2/c1-14-5-2-3-6-16(14)15(12-23-10-9-22-13-23)11-17-18(20)7-4-8-19(17)21/h2-10,13,15H,11-12H2,1H3. The minimum atomic E-state index is 0.280. The molecule has 1 unspecified atom stereocenters. The van der Waals surface area contributed by atoms with Gasteiger partial charge in [0.15, 0.2) is 0 Å². The third kappa shape index (κ3) is 3.77. The van der Waals surface area contributed by atoms with E-state index in [1.807, 2.05) is 30.7 Å². The quantitative estimate of drug-likeness (QED) is 0.595. The van der Waals surface area contributed by atoms with E-state index in [0.29, 0.717) is 0 Å². The van der Waals surface area contributed by atoms with Crippen molar-refractivity contribution < 1.29 is 0 Å². The van der Waals surface area contributed by atoms with Crippen LogP contribution < -0.4 is 0 Å². The number of hydrogen-bond acceptors (Lipinski definition) is 1. The summed E-state index contributed by atoms with van der Waals surface area (Å²) in [7, 11) is 0. The van der Waals surface area contributed by atoms with Crippen LogP contribution in [0.25, 0.3) is 0 Å². The van der Waals surface area contributed by atoms with Gasteiger partial charge in [0.25, 0.3) is 0 Å². The molecular weight excluding hydrogens is 327 g/mol. The molecule has 3 rings (SSSR count). The third-order valence-corrected chi connectivity index (χ3v) is 4.84. The molecule has 0 spiro atoms. The molecule has 0 fully saturated rings. The van der Waals surface area contributed by atoms with Gasteiger partial charge in [-0.25, -0.2) is 4.98 Å². The predicted octanol–water partition coefficient (Wildman–Crippen LogP) is 5.52. The normalized spacial score (nSPS) is 12.3. The van der Waals surface area contributed by atoms with Crippen molar-refractivity contribution >= 4 is 23.2 Å². The summed E-state index contributed by atoms with van der Waals surface area (Å²) in [4.78, 5) is 4.14. The Morgan fingerprint density at radius 2 is 1.78 bits per heavy atom. The van der Waals surface area contributed by atoms with Crippen LogP contribution in [0.5, 0.6) is 0 Å². The second-order valence-corrected chi connectivity index (χ2v) is 6.53. The van der Waals surface area contributed by atoms with Crippen LogP contribution in [0.1, 0.15) is 22.6 Å². The van der Waals surface area contributed by atoms with Crippen LogP contribution in [0.15, 0.2) is 61.2 Å². The van der Waals surface area contributed by atoms with Crippen LogP contribution in [0.2, 0.25) is 10.0 Å². The lowest BCUT2D eigenvalue weighted by Crippen LogP contribution is -2.13. The van der Waals surface area contributed by atoms with Crippen molar-refractivity contribution in [2.45, 2.75) is 25.8 Å². The Morgan fingerprint density at radius 3 is 2.43 bits per heavy atom. The molecule has 0 aliphatic heterocycles.